The van der Waals surface area contributed by atoms with Gasteiger partial charge in [-0.3, -0.25) is 0 Å². The number of hydrogen-bond donors (Lipinski definition) is 1. The Bertz CT molecular complexity index is 536. The number of hydrogen-bond acceptors (Lipinski definition) is 1. The summed E-state index contributed by atoms with van der Waals surface area (Å²) in [7, 11) is 0. The molecule has 0 spiro atoms. The predicted molar refractivity (Wildman–Crippen MR) is 90.1 cm³/mol. The van der Waals surface area contributed by atoms with Gasteiger partial charge in [0.05, 0.1) is 0 Å². The highest BCUT2D eigenvalue weighted by Gasteiger charge is 2.13. The fourth-order valence-corrected chi connectivity index (χ4v) is 2.97. The van der Waals surface area contributed by atoms with Crippen molar-refractivity contribution >= 4 is 15.9 Å². The van der Waals surface area contributed by atoms with Gasteiger partial charge < -0.3 is 5.32 Å². The van der Waals surface area contributed by atoms with Crippen LogP contribution in [0.15, 0.2) is 53.0 Å². The zero-order chi connectivity index (χ0) is 14.4. The minimum atomic E-state index is 0.380. The van der Waals surface area contributed by atoms with Gasteiger partial charge in [-0.25, -0.2) is 0 Å². The van der Waals surface area contributed by atoms with Gasteiger partial charge in [-0.15, -0.1) is 0 Å². The molecule has 2 rings (SSSR count). The lowest BCUT2D eigenvalue weighted by Crippen LogP contribution is -2.24. The van der Waals surface area contributed by atoms with Gasteiger partial charge in [-0.05, 0) is 55.1 Å². The third-order valence-electron chi connectivity index (χ3n) is 3.53. The van der Waals surface area contributed by atoms with E-state index in [0.29, 0.717) is 6.04 Å². The van der Waals surface area contributed by atoms with Crippen LogP contribution in [0.4, 0.5) is 0 Å². The van der Waals surface area contributed by atoms with E-state index in [-0.39, 0.29) is 0 Å². The van der Waals surface area contributed by atoms with Gasteiger partial charge in [0.1, 0.15) is 0 Å². The summed E-state index contributed by atoms with van der Waals surface area (Å²) in [6.45, 7) is 5.44. The van der Waals surface area contributed by atoms with Crippen molar-refractivity contribution in [3.63, 3.8) is 0 Å². The standard InChI is InChI=1S/C18H22BrN/c1-3-11-20-18(13-15-7-5-4-6-8-15)17-10-9-16(19)12-14(17)2/h4-10,12,18,20H,3,11,13H2,1-2H3. The minimum absolute atomic E-state index is 0.380. The fourth-order valence-electron chi connectivity index (χ4n) is 2.49. The zero-order valence-corrected chi connectivity index (χ0v) is 13.8. The molecule has 2 heteroatoms. The molecule has 0 heterocycles. The fraction of sp³-hybridized carbons (Fsp3) is 0.333. The first-order valence-corrected chi connectivity index (χ1v) is 8.03. The first-order chi connectivity index (χ1) is 9.70. The van der Waals surface area contributed by atoms with E-state index >= 15 is 0 Å². The molecule has 0 radical (unpaired) electrons. The normalized spacial score (nSPS) is 12.3. The van der Waals surface area contributed by atoms with E-state index in [1.807, 2.05) is 0 Å². The monoisotopic (exact) mass is 331 g/mol. The molecule has 0 aromatic heterocycles. The van der Waals surface area contributed by atoms with Crippen LogP contribution in [0.5, 0.6) is 0 Å². The van der Waals surface area contributed by atoms with Gasteiger partial charge >= 0.3 is 0 Å². The van der Waals surface area contributed by atoms with Gasteiger partial charge in [-0.2, -0.15) is 0 Å². The molecule has 0 aliphatic rings. The van der Waals surface area contributed by atoms with E-state index in [2.05, 4.69) is 83.6 Å². The van der Waals surface area contributed by atoms with Crippen molar-refractivity contribution in [2.45, 2.75) is 32.7 Å². The quantitative estimate of drug-likeness (QED) is 0.781. The number of nitrogens with one attached hydrogen (secondary N) is 1. The van der Waals surface area contributed by atoms with Crippen molar-refractivity contribution in [1.29, 1.82) is 0 Å². The third kappa shape index (κ3) is 4.19. The van der Waals surface area contributed by atoms with Gasteiger partial charge in [-0.1, -0.05) is 59.3 Å². The van der Waals surface area contributed by atoms with Crippen LogP contribution in [0.1, 0.15) is 36.1 Å². The molecule has 1 atom stereocenters. The molecule has 0 saturated carbocycles. The second-order valence-corrected chi connectivity index (χ2v) is 6.11. The van der Waals surface area contributed by atoms with Crippen LogP contribution in [-0.4, -0.2) is 6.54 Å². The van der Waals surface area contributed by atoms with Crippen LogP contribution < -0.4 is 5.32 Å². The summed E-state index contributed by atoms with van der Waals surface area (Å²) >= 11 is 3.54. The Morgan fingerprint density at radius 2 is 1.85 bits per heavy atom. The molecular weight excluding hydrogens is 310 g/mol. The zero-order valence-electron chi connectivity index (χ0n) is 12.2. The van der Waals surface area contributed by atoms with E-state index in [1.165, 1.54) is 16.7 Å². The van der Waals surface area contributed by atoms with Crippen LogP contribution in [-0.2, 0) is 6.42 Å². The Labute approximate surface area is 130 Å². The maximum atomic E-state index is 3.68. The molecule has 0 saturated heterocycles. The topological polar surface area (TPSA) is 12.0 Å². The molecule has 2 aromatic carbocycles. The van der Waals surface area contributed by atoms with Crippen LogP contribution in [0.25, 0.3) is 0 Å². The highest BCUT2D eigenvalue weighted by Crippen LogP contribution is 2.24. The summed E-state index contributed by atoms with van der Waals surface area (Å²) in [6, 6.07) is 17.6. The Balaban J connectivity index is 2.22. The predicted octanol–water partition coefficient (Wildman–Crippen LogP) is 5.04. The molecule has 0 aliphatic carbocycles. The molecule has 0 aliphatic heterocycles. The summed E-state index contributed by atoms with van der Waals surface area (Å²) < 4.78 is 1.15. The maximum absolute atomic E-state index is 3.68. The van der Waals surface area contributed by atoms with E-state index < -0.39 is 0 Å². The Kier molecular flexibility index (Phi) is 5.81. The molecule has 0 bridgehead atoms. The largest absolute Gasteiger partial charge is 0.310 e. The smallest absolute Gasteiger partial charge is 0.0363 e. The highest BCUT2D eigenvalue weighted by atomic mass is 79.9. The molecule has 106 valence electrons. The molecule has 1 nitrogen and oxygen atoms in total. The molecule has 2 aromatic rings. The summed E-state index contributed by atoms with van der Waals surface area (Å²) in [5, 5.41) is 3.68. The first kappa shape index (κ1) is 15.3. The second kappa shape index (κ2) is 7.61. The molecule has 0 fully saturated rings. The Hall–Kier alpha value is -1.12. The molecule has 1 unspecified atom stereocenters. The molecule has 1 N–H and O–H groups in total. The van der Waals surface area contributed by atoms with E-state index in [9.17, 15) is 0 Å². The van der Waals surface area contributed by atoms with Gasteiger partial charge in [0, 0.05) is 10.5 Å². The van der Waals surface area contributed by atoms with E-state index in [4.69, 9.17) is 0 Å². The van der Waals surface area contributed by atoms with Crippen molar-refractivity contribution < 1.29 is 0 Å². The molecule has 20 heavy (non-hydrogen) atoms. The van der Waals surface area contributed by atoms with Crippen LogP contribution in [0, 0.1) is 6.92 Å². The van der Waals surface area contributed by atoms with Gasteiger partial charge in [0.25, 0.3) is 0 Å². The van der Waals surface area contributed by atoms with Crippen molar-refractivity contribution in [2.24, 2.45) is 0 Å². The summed E-state index contributed by atoms with van der Waals surface area (Å²) in [6.07, 6.45) is 2.18. The average Bonchev–Trinajstić information content (AvgIpc) is 2.45. The van der Waals surface area contributed by atoms with Gasteiger partial charge in [0.2, 0.25) is 0 Å². The summed E-state index contributed by atoms with van der Waals surface area (Å²) in [4.78, 5) is 0. The number of benzene rings is 2. The van der Waals surface area contributed by atoms with Gasteiger partial charge in [0.15, 0.2) is 0 Å². The number of rotatable bonds is 6. The lowest BCUT2D eigenvalue weighted by atomic mass is 9.95. The van der Waals surface area contributed by atoms with Crippen molar-refractivity contribution in [2.75, 3.05) is 6.54 Å². The number of aryl methyl sites for hydroxylation is 1. The lowest BCUT2D eigenvalue weighted by Gasteiger charge is -2.21. The third-order valence-corrected chi connectivity index (χ3v) is 4.02. The first-order valence-electron chi connectivity index (χ1n) is 7.24. The van der Waals surface area contributed by atoms with Crippen LogP contribution >= 0.6 is 15.9 Å². The van der Waals surface area contributed by atoms with E-state index in [1.54, 1.807) is 0 Å². The van der Waals surface area contributed by atoms with Crippen LogP contribution in [0.3, 0.4) is 0 Å². The molecular formula is C18H22BrN. The average molecular weight is 332 g/mol. The summed E-state index contributed by atoms with van der Waals surface area (Å²) in [5.74, 6) is 0. The Morgan fingerprint density at radius 1 is 1.10 bits per heavy atom. The van der Waals surface area contributed by atoms with E-state index in [0.717, 1.165) is 23.9 Å². The number of halogens is 1. The Morgan fingerprint density at radius 3 is 2.50 bits per heavy atom. The second-order valence-electron chi connectivity index (χ2n) is 5.20. The minimum Gasteiger partial charge on any atom is -0.310 e. The summed E-state index contributed by atoms with van der Waals surface area (Å²) in [5.41, 5.74) is 4.11. The lowest BCUT2D eigenvalue weighted by molar-refractivity contribution is 0.527. The maximum Gasteiger partial charge on any atom is 0.0363 e. The van der Waals surface area contributed by atoms with Crippen molar-refractivity contribution in [1.82, 2.24) is 5.32 Å². The van der Waals surface area contributed by atoms with Crippen LogP contribution in [0.2, 0.25) is 0 Å². The highest BCUT2D eigenvalue weighted by molar-refractivity contribution is 9.10. The molecule has 0 amide bonds. The SMILES string of the molecule is CCCNC(Cc1ccccc1)c1ccc(Br)cc1C. The van der Waals surface area contributed by atoms with Crippen molar-refractivity contribution in [3.05, 3.63) is 69.7 Å². The van der Waals surface area contributed by atoms with Crippen molar-refractivity contribution in [3.8, 4) is 0 Å².